The number of hydrogen-bond donors (Lipinski definition) is 2. The summed E-state index contributed by atoms with van der Waals surface area (Å²) < 4.78 is 5.35. The lowest BCUT2D eigenvalue weighted by molar-refractivity contribution is -0.142. The van der Waals surface area contributed by atoms with Crippen LogP contribution in [0.15, 0.2) is 48.5 Å². The van der Waals surface area contributed by atoms with Gasteiger partial charge in [-0.1, -0.05) is 36.4 Å². The van der Waals surface area contributed by atoms with Gasteiger partial charge in [-0.15, -0.1) is 0 Å². The van der Waals surface area contributed by atoms with Gasteiger partial charge in [0.2, 0.25) is 11.8 Å². The van der Waals surface area contributed by atoms with E-state index in [9.17, 15) is 19.5 Å². The number of carbonyl (C=O) groups excluding carboxylic acids is 2. The zero-order chi connectivity index (χ0) is 21.0. The Bertz CT molecular complexity index is 913. The Morgan fingerprint density at radius 1 is 1.24 bits per heavy atom. The van der Waals surface area contributed by atoms with Gasteiger partial charge in [-0.3, -0.25) is 9.59 Å². The predicted octanol–water partition coefficient (Wildman–Crippen LogP) is 2.17. The van der Waals surface area contributed by atoms with Crippen LogP contribution in [0.25, 0.3) is 0 Å². The highest BCUT2D eigenvalue weighted by Gasteiger charge is 2.37. The third-order valence-corrected chi connectivity index (χ3v) is 5.02. The van der Waals surface area contributed by atoms with Crippen LogP contribution in [-0.4, -0.2) is 42.6 Å². The maximum absolute atomic E-state index is 12.7. The van der Waals surface area contributed by atoms with E-state index in [4.69, 9.17) is 4.74 Å². The highest BCUT2D eigenvalue weighted by atomic mass is 16.5. The molecule has 1 aliphatic heterocycles. The van der Waals surface area contributed by atoms with Crippen LogP contribution >= 0.6 is 0 Å². The molecule has 0 aromatic heterocycles. The summed E-state index contributed by atoms with van der Waals surface area (Å²) >= 11 is 0. The normalized spacial score (nSPS) is 17.1. The van der Waals surface area contributed by atoms with Gasteiger partial charge in [0.15, 0.2) is 0 Å². The molecule has 2 unspecified atom stereocenters. The molecule has 1 heterocycles. The maximum Gasteiger partial charge on any atom is 0.326 e. The van der Waals surface area contributed by atoms with Gasteiger partial charge in [-0.25, -0.2) is 4.79 Å². The number of ether oxygens (including phenoxy) is 1. The Balaban J connectivity index is 1.71. The van der Waals surface area contributed by atoms with Crippen LogP contribution in [0.3, 0.4) is 0 Å². The molecule has 29 heavy (non-hydrogen) atoms. The number of rotatable bonds is 7. The van der Waals surface area contributed by atoms with Crippen molar-refractivity contribution in [3.63, 3.8) is 0 Å². The van der Waals surface area contributed by atoms with Crippen LogP contribution in [0.1, 0.15) is 17.5 Å². The number of nitrogens with one attached hydrogen (secondary N) is 1. The van der Waals surface area contributed by atoms with Crippen molar-refractivity contribution in [2.45, 2.75) is 25.8 Å². The molecular weight excluding hydrogens is 372 g/mol. The molecule has 1 aliphatic rings. The van der Waals surface area contributed by atoms with Gasteiger partial charge < -0.3 is 20.1 Å². The van der Waals surface area contributed by atoms with E-state index in [0.29, 0.717) is 11.4 Å². The van der Waals surface area contributed by atoms with E-state index in [0.717, 1.165) is 11.1 Å². The molecular formula is C22H24N2O5. The molecule has 2 aromatic rings. The van der Waals surface area contributed by atoms with E-state index in [1.807, 2.05) is 49.4 Å². The zero-order valence-corrected chi connectivity index (χ0v) is 16.4. The highest BCUT2D eigenvalue weighted by molar-refractivity contribution is 6.01. The third-order valence-electron chi connectivity index (χ3n) is 5.02. The molecule has 7 nitrogen and oxygen atoms in total. The number of carboxylic acids is 1. The Morgan fingerprint density at radius 3 is 2.62 bits per heavy atom. The summed E-state index contributed by atoms with van der Waals surface area (Å²) in [5.41, 5.74) is 2.40. The molecule has 1 saturated heterocycles. The van der Waals surface area contributed by atoms with Crippen LogP contribution in [0.2, 0.25) is 0 Å². The second-order valence-electron chi connectivity index (χ2n) is 7.17. The van der Waals surface area contributed by atoms with Crippen molar-refractivity contribution in [3.05, 3.63) is 59.7 Å². The fourth-order valence-corrected chi connectivity index (χ4v) is 3.47. The third kappa shape index (κ3) is 4.74. The van der Waals surface area contributed by atoms with Crippen molar-refractivity contribution in [1.29, 1.82) is 0 Å². The molecule has 7 heteroatoms. The van der Waals surface area contributed by atoms with Crippen molar-refractivity contribution >= 4 is 23.5 Å². The summed E-state index contributed by atoms with van der Waals surface area (Å²) in [5, 5.41) is 12.1. The second-order valence-corrected chi connectivity index (χ2v) is 7.17. The van der Waals surface area contributed by atoms with Gasteiger partial charge in [0.25, 0.3) is 0 Å². The Hall–Kier alpha value is -3.35. The topological polar surface area (TPSA) is 95.9 Å². The molecule has 2 amide bonds. The number of amides is 2. The Labute approximate surface area is 169 Å². The van der Waals surface area contributed by atoms with Crippen molar-refractivity contribution in [3.8, 4) is 5.75 Å². The average Bonchev–Trinajstić information content (AvgIpc) is 3.09. The molecule has 0 spiro atoms. The first-order valence-corrected chi connectivity index (χ1v) is 9.41. The first-order valence-electron chi connectivity index (χ1n) is 9.41. The number of anilines is 1. The number of hydrogen-bond acceptors (Lipinski definition) is 4. The van der Waals surface area contributed by atoms with Gasteiger partial charge in [0.05, 0.1) is 18.7 Å². The summed E-state index contributed by atoms with van der Waals surface area (Å²) in [6, 6.07) is 13.6. The van der Waals surface area contributed by atoms with E-state index >= 15 is 0 Å². The Kier molecular flexibility index (Phi) is 6.16. The maximum atomic E-state index is 12.7. The zero-order valence-electron chi connectivity index (χ0n) is 16.4. The first kappa shape index (κ1) is 20.4. The summed E-state index contributed by atoms with van der Waals surface area (Å²) in [6.45, 7) is 2.09. The van der Waals surface area contributed by atoms with Crippen LogP contribution in [0, 0.1) is 12.8 Å². The molecule has 152 valence electrons. The lowest BCUT2D eigenvalue weighted by atomic mass is 10.0. The summed E-state index contributed by atoms with van der Waals surface area (Å²) in [6.07, 6.45) is 0.207. The molecule has 0 saturated carbocycles. The first-order chi connectivity index (χ1) is 13.9. The van der Waals surface area contributed by atoms with Gasteiger partial charge >= 0.3 is 5.97 Å². The van der Waals surface area contributed by atoms with E-state index < -0.39 is 23.8 Å². The molecule has 3 rings (SSSR count). The lowest BCUT2D eigenvalue weighted by Crippen LogP contribution is -2.45. The van der Waals surface area contributed by atoms with Crippen molar-refractivity contribution in [2.24, 2.45) is 5.92 Å². The van der Waals surface area contributed by atoms with E-state index in [1.165, 1.54) is 12.0 Å². The number of benzene rings is 2. The standard InChI is InChI=1S/C22H24N2O5/c1-14-8-9-19(29-2)18(10-14)24-13-16(12-20(24)25)21(26)23-17(22(27)28)11-15-6-4-3-5-7-15/h3-10,16-17H,11-13H2,1-2H3,(H,23,26)(H,27,28). The predicted molar refractivity (Wildman–Crippen MR) is 108 cm³/mol. The summed E-state index contributed by atoms with van der Waals surface area (Å²) in [4.78, 5) is 38.4. The van der Waals surface area contributed by atoms with Gasteiger partial charge in [-0.2, -0.15) is 0 Å². The number of methoxy groups -OCH3 is 1. The van der Waals surface area contributed by atoms with E-state index in [2.05, 4.69) is 5.32 Å². The van der Waals surface area contributed by atoms with Gasteiger partial charge in [0, 0.05) is 19.4 Å². The van der Waals surface area contributed by atoms with Crippen LogP contribution in [0.5, 0.6) is 5.75 Å². The molecule has 0 radical (unpaired) electrons. The fraction of sp³-hybridized carbons (Fsp3) is 0.318. The summed E-state index contributed by atoms with van der Waals surface area (Å²) in [5.74, 6) is -1.80. The van der Waals surface area contributed by atoms with Crippen molar-refractivity contribution in [1.82, 2.24) is 5.32 Å². The average molecular weight is 396 g/mol. The minimum atomic E-state index is -1.11. The van der Waals surface area contributed by atoms with Crippen molar-refractivity contribution in [2.75, 3.05) is 18.6 Å². The smallest absolute Gasteiger partial charge is 0.326 e. The minimum Gasteiger partial charge on any atom is -0.495 e. The molecule has 1 fully saturated rings. The van der Waals surface area contributed by atoms with Gasteiger partial charge in [-0.05, 0) is 30.2 Å². The fourth-order valence-electron chi connectivity index (χ4n) is 3.47. The molecule has 2 atom stereocenters. The second kappa shape index (κ2) is 8.77. The van der Waals surface area contributed by atoms with Crippen LogP contribution in [0.4, 0.5) is 5.69 Å². The number of carboxylic acid groups (broad SMARTS) is 1. The number of nitrogens with zero attached hydrogens (tertiary/aromatic N) is 1. The van der Waals surface area contributed by atoms with Gasteiger partial charge in [0.1, 0.15) is 11.8 Å². The van der Waals surface area contributed by atoms with Crippen molar-refractivity contribution < 1.29 is 24.2 Å². The monoisotopic (exact) mass is 396 g/mol. The Morgan fingerprint density at radius 2 is 1.97 bits per heavy atom. The highest BCUT2D eigenvalue weighted by Crippen LogP contribution is 2.34. The minimum absolute atomic E-state index is 0.0284. The number of aliphatic carboxylic acids is 1. The largest absolute Gasteiger partial charge is 0.495 e. The quantitative estimate of drug-likeness (QED) is 0.748. The number of aryl methyl sites for hydroxylation is 1. The summed E-state index contributed by atoms with van der Waals surface area (Å²) in [7, 11) is 1.53. The lowest BCUT2D eigenvalue weighted by Gasteiger charge is -2.21. The number of carbonyl (C=O) groups is 3. The molecule has 0 aliphatic carbocycles. The molecule has 2 aromatic carbocycles. The van der Waals surface area contributed by atoms with Crippen LogP contribution < -0.4 is 15.0 Å². The molecule has 0 bridgehead atoms. The van der Waals surface area contributed by atoms with Crippen LogP contribution in [-0.2, 0) is 20.8 Å². The van der Waals surface area contributed by atoms with E-state index in [-0.39, 0.29) is 25.3 Å². The molecule has 2 N–H and O–H groups in total. The van der Waals surface area contributed by atoms with E-state index in [1.54, 1.807) is 6.07 Å². The SMILES string of the molecule is COc1ccc(C)cc1N1CC(C(=O)NC(Cc2ccccc2)C(=O)O)CC1=O.